The molecule has 0 atom stereocenters. The van der Waals surface area contributed by atoms with Gasteiger partial charge in [0, 0.05) is 0 Å². The van der Waals surface area contributed by atoms with E-state index in [1.807, 2.05) is 38.2 Å². The molecule has 0 saturated carbocycles. The van der Waals surface area contributed by atoms with Gasteiger partial charge >= 0.3 is 11.9 Å². The van der Waals surface area contributed by atoms with Crippen LogP contribution in [0.1, 0.15) is 52.4 Å². The monoisotopic (exact) mass is 296 g/mol. The zero-order chi connectivity index (χ0) is 16.1. The van der Waals surface area contributed by atoms with Crippen LogP contribution in [0, 0.1) is 5.41 Å². The number of methoxy groups -OCH3 is 2. The largest absolute Gasteiger partial charge is 0.468 e. The second-order valence-electron chi connectivity index (χ2n) is 4.90. The Morgan fingerprint density at radius 2 is 1.19 bits per heavy atom. The van der Waals surface area contributed by atoms with E-state index in [1.54, 1.807) is 0 Å². The standard InChI is InChI=1S/C17H28O4/c1-5-7-9-11-13-17(15(18)20-3,16(19)21-4)14-12-10-8-6-2/h7-10H,5-6,11-14H2,1-4H3/b9-7-,10-8-. The Kier molecular flexibility index (Phi) is 10.3. The van der Waals surface area contributed by atoms with Crippen LogP contribution in [0.2, 0.25) is 0 Å². The van der Waals surface area contributed by atoms with Crippen LogP contribution in [0.4, 0.5) is 0 Å². The molecule has 0 unspecified atom stereocenters. The van der Waals surface area contributed by atoms with Crippen molar-refractivity contribution in [2.75, 3.05) is 14.2 Å². The van der Waals surface area contributed by atoms with Gasteiger partial charge in [-0.1, -0.05) is 38.2 Å². The second-order valence-corrected chi connectivity index (χ2v) is 4.90. The van der Waals surface area contributed by atoms with Crippen LogP contribution in [-0.4, -0.2) is 26.2 Å². The Hall–Kier alpha value is -1.58. The molecule has 0 aromatic heterocycles. The van der Waals surface area contributed by atoms with E-state index in [9.17, 15) is 9.59 Å². The average Bonchev–Trinajstić information content (AvgIpc) is 2.52. The first-order valence-corrected chi connectivity index (χ1v) is 7.55. The maximum atomic E-state index is 12.2. The lowest BCUT2D eigenvalue weighted by Crippen LogP contribution is -2.41. The molecule has 0 heterocycles. The first kappa shape index (κ1) is 19.4. The van der Waals surface area contributed by atoms with E-state index in [0.29, 0.717) is 25.7 Å². The Bertz CT molecular complexity index is 333. The van der Waals surface area contributed by atoms with Gasteiger partial charge in [-0.05, 0) is 38.5 Å². The number of hydrogen-bond acceptors (Lipinski definition) is 4. The molecule has 4 heteroatoms. The molecule has 0 aliphatic carbocycles. The number of esters is 2. The Morgan fingerprint density at radius 3 is 1.48 bits per heavy atom. The summed E-state index contributed by atoms with van der Waals surface area (Å²) in [5.41, 5.74) is -1.21. The van der Waals surface area contributed by atoms with Crippen molar-refractivity contribution in [1.29, 1.82) is 0 Å². The molecule has 0 rings (SSSR count). The smallest absolute Gasteiger partial charge is 0.323 e. The summed E-state index contributed by atoms with van der Waals surface area (Å²) in [4.78, 5) is 24.4. The highest BCUT2D eigenvalue weighted by molar-refractivity contribution is 6.00. The van der Waals surface area contributed by atoms with Crippen molar-refractivity contribution in [3.8, 4) is 0 Å². The zero-order valence-corrected chi connectivity index (χ0v) is 13.7. The van der Waals surface area contributed by atoms with Gasteiger partial charge in [0.1, 0.15) is 0 Å². The van der Waals surface area contributed by atoms with Gasteiger partial charge in [-0.2, -0.15) is 0 Å². The summed E-state index contributed by atoms with van der Waals surface area (Å²) in [6, 6.07) is 0. The van der Waals surface area contributed by atoms with Crippen molar-refractivity contribution < 1.29 is 19.1 Å². The number of carbonyl (C=O) groups is 2. The molecule has 0 aliphatic rings. The van der Waals surface area contributed by atoms with E-state index in [2.05, 4.69) is 0 Å². The first-order valence-electron chi connectivity index (χ1n) is 7.55. The van der Waals surface area contributed by atoms with Crippen LogP contribution >= 0.6 is 0 Å². The molecule has 4 nitrogen and oxygen atoms in total. The number of allylic oxidation sites excluding steroid dienone is 4. The van der Waals surface area contributed by atoms with Gasteiger partial charge in [0.25, 0.3) is 0 Å². The predicted molar refractivity (Wildman–Crippen MR) is 83.8 cm³/mol. The Balaban J connectivity index is 5.12. The van der Waals surface area contributed by atoms with Crippen LogP contribution in [0.25, 0.3) is 0 Å². The first-order chi connectivity index (χ1) is 10.1. The third-order valence-corrected chi connectivity index (χ3v) is 3.43. The molecule has 0 N–H and O–H groups in total. The molecule has 0 aromatic rings. The van der Waals surface area contributed by atoms with E-state index >= 15 is 0 Å². The summed E-state index contributed by atoms with van der Waals surface area (Å²) in [5.74, 6) is -1.02. The summed E-state index contributed by atoms with van der Waals surface area (Å²) in [7, 11) is 2.62. The number of rotatable bonds is 10. The highest BCUT2D eigenvalue weighted by Gasteiger charge is 2.46. The fraction of sp³-hybridized carbons (Fsp3) is 0.647. The Morgan fingerprint density at radius 1 is 0.810 bits per heavy atom. The van der Waals surface area contributed by atoms with E-state index < -0.39 is 17.4 Å². The fourth-order valence-electron chi connectivity index (χ4n) is 2.24. The lowest BCUT2D eigenvalue weighted by molar-refractivity contribution is -0.170. The summed E-state index contributed by atoms with van der Waals surface area (Å²) >= 11 is 0. The molecule has 0 bridgehead atoms. The summed E-state index contributed by atoms with van der Waals surface area (Å²) in [5, 5.41) is 0. The molecule has 0 aliphatic heterocycles. The topological polar surface area (TPSA) is 52.6 Å². The molecule has 0 saturated heterocycles. The van der Waals surface area contributed by atoms with E-state index in [-0.39, 0.29) is 0 Å². The van der Waals surface area contributed by atoms with Crippen LogP contribution in [0.5, 0.6) is 0 Å². The summed E-state index contributed by atoms with van der Waals surface area (Å²) < 4.78 is 9.73. The maximum absolute atomic E-state index is 12.2. The number of hydrogen-bond donors (Lipinski definition) is 0. The minimum absolute atomic E-state index is 0.406. The van der Waals surface area contributed by atoms with Gasteiger partial charge in [0.2, 0.25) is 0 Å². The third-order valence-electron chi connectivity index (χ3n) is 3.43. The maximum Gasteiger partial charge on any atom is 0.323 e. The minimum Gasteiger partial charge on any atom is -0.468 e. The third kappa shape index (κ3) is 6.15. The van der Waals surface area contributed by atoms with E-state index in [4.69, 9.17) is 9.47 Å². The number of ether oxygens (including phenoxy) is 2. The van der Waals surface area contributed by atoms with Crippen LogP contribution in [0.15, 0.2) is 24.3 Å². The second kappa shape index (κ2) is 11.1. The van der Waals surface area contributed by atoms with Crippen molar-refractivity contribution in [2.24, 2.45) is 5.41 Å². The summed E-state index contributed by atoms with van der Waals surface area (Å²) in [6.45, 7) is 4.08. The SMILES string of the molecule is CC/C=C\CCC(CC/C=C\CC)(C(=O)OC)C(=O)OC. The van der Waals surface area contributed by atoms with Crippen molar-refractivity contribution in [3.05, 3.63) is 24.3 Å². The number of carbonyl (C=O) groups excluding carboxylic acids is 2. The molecular formula is C17H28O4. The highest BCUT2D eigenvalue weighted by atomic mass is 16.5. The highest BCUT2D eigenvalue weighted by Crippen LogP contribution is 2.33. The van der Waals surface area contributed by atoms with E-state index in [0.717, 1.165) is 12.8 Å². The van der Waals surface area contributed by atoms with Gasteiger partial charge in [-0.25, -0.2) is 0 Å². The van der Waals surface area contributed by atoms with Crippen LogP contribution < -0.4 is 0 Å². The lowest BCUT2D eigenvalue weighted by atomic mass is 9.78. The molecule has 0 spiro atoms. The minimum atomic E-state index is -1.21. The van der Waals surface area contributed by atoms with Crippen molar-refractivity contribution in [1.82, 2.24) is 0 Å². The average molecular weight is 296 g/mol. The predicted octanol–water partition coefficient (Wildman–Crippen LogP) is 3.81. The molecule has 0 aromatic carbocycles. The van der Waals surface area contributed by atoms with Crippen LogP contribution in [-0.2, 0) is 19.1 Å². The van der Waals surface area contributed by atoms with Gasteiger partial charge in [-0.3, -0.25) is 9.59 Å². The molecule has 120 valence electrons. The quantitative estimate of drug-likeness (QED) is 0.349. The van der Waals surface area contributed by atoms with Crippen LogP contribution in [0.3, 0.4) is 0 Å². The lowest BCUT2D eigenvalue weighted by Gasteiger charge is -2.27. The van der Waals surface area contributed by atoms with Gasteiger partial charge < -0.3 is 9.47 Å². The molecule has 0 radical (unpaired) electrons. The Labute approximate surface area is 128 Å². The zero-order valence-electron chi connectivity index (χ0n) is 13.7. The van der Waals surface area contributed by atoms with Crippen molar-refractivity contribution in [3.63, 3.8) is 0 Å². The van der Waals surface area contributed by atoms with Gasteiger partial charge in [0.05, 0.1) is 14.2 Å². The van der Waals surface area contributed by atoms with Gasteiger partial charge in [0.15, 0.2) is 5.41 Å². The van der Waals surface area contributed by atoms with E-state index in [1.165, 1.54) is 14.2 Å². The van der Waals surface area contributed by atoms with Gasteiger partial charge in [-0.15, -0.1) is 0 Å². The molecule has 0 amide bonds. The van der Waals surface area contributed by atoms with Crippen molar-refractivity contribution in [2.45, 2.75) is 52.4 Å². The molecule has 21 heavy (non-hydrogen) atoms. The molecular weight excluding hydrogens is 268 g/mol. The normalized spacial score (nSPS) is 12.0. The van der Waals surface area contributed by atoms with Crippen molar-refractivity contribution >= 4 is 11.9 Å². The fourth-order valence-corrected chi connectivity index (χ4v) is 2.24. The molecule has 0 fully saturated rings. The summed E-state index contributed by atoms with van der Waals surface area (Å²) in [6.07, 6.45) is 12.0.